The van der Waals surface area contributed by atoms with Gasteiger partial charge in [-0.05, 0) is 49.6 Å². The fourth-order valence-electron chi connectivity index (χ4n) is 2.28. The predicted octanol–water partition coefficient (Wildman–Crippen LogP) is 3.83. The van der Waals surface area contributed by atoms with E-state index < -0.39 is 0 Å². The Hall–Kier alpha value is -0.250. The molecule has 2 atom stereocenters. The van der Waals surface area contributed by atoms with Crippen molar-refractivity contribution in [3.63, 3.8) is 0 Å². The van der Waals surface area contributed by atoms with E-state index in [9.17, 15) is 0 Å². The van der Waals surface area contributed by atoms with Gasteiger partial charge in [0, 0.05) is 16.4 Å². The standard InChI is InChI=1S/C14H19BrClNO/c15-12-4-6-13(7-5-12)18-9-8-17-10-11-2-1-3-14(11)16/h4-7,11,14,17H,1-3,8-10H2. The molecule has 1 fully saturated rings. The molecule has 2 nitrogen and oxygen atoms in total. The number of nitrogens with one attached hydrogen (secondary N) is 1. The molecule has 1 saturated carbocycles. The molecule has 100 valence electrons. The van der Waals surface area contributed by atoms with Crippen LogP contribution in [0.25, 0.3) is 0 Å². The lowest BCUT2D eigenvalue weighted by atomic mass is 10.1. The van der Waals surface area contributed by atoms with Gasteiger partial charge in [-0.25, -0.2) is 0 Å². The number of benzene rings is 1. The minimum absolute atomic E-state index is 0.366. The normalized spacial score (nSPS) is 23.2. The van der Waals surface area contributed by atoms with Crippen molar-refractivity contribution < 1.29 is 4.74 Å². The van der Waals surface area contributed by atoms with Crippen LogP contribution in [0.3, 0.4) is 0 Å². The van der Waals surface area contributed by atoms with Crippen LogP contribution >= 0.6 is 27.5 Å². The summed E-state index contributed by atoms with van der Waals surface area (Å²) in [5.74, 6) is 1.55. The SMILES string of the molecule is ClC1CCCC1CNCCOc1ccc(Br)cc1. The molecule has 2 rings (SSSR count). The third-order valence-electron chi connectivity index (χ3n) is 3.33. The number of halogens is 2. The molecule has 1 aromatic carbocycles. The third-order valence-corrected chi connectivity index (χ3v) is 4.44. The van der Waals surface area contributed by atoms with Gasteiger partial charge in [0.1, 0.15) is 12.4 Å². The van der Waals surface area contributed by atoms with Crippen LogP contribution in [0, 0.1) is 5.92 Å². The molecule has 1 aromatic rings. The molecule has 0 radical (unpaired) electrons. The second-order valence-electron chi connectivity index (χ2n) is 4.71. The van der Waals surface area contributed by atoms with Gasteiger partial charge >= 0.3 is 0 Å². The van der Waals surface area contributed by atoms with Crippen LogP contribution in [0.2, 0.25) is 0 Å². The lowest BCUT2D eigenvalue weighted by molar-refractivity contribution is 0.309. The van der Waals surface area contributed by atoms with E-state index in [1.807, 2.05) is 24.3 Å². The Morgan fingerprint density at radius 1 is 1.28 bits per heavy atom. The second-order valence-corrected chi connectivity index (χ2v) is 6.19. The zero-order valence-electron chi connectivity index (χ0n) is 10.4. The Balaban J connectivity index is 1.57. The predicted molar refractivity (Wildman–Crippen MR) is 79.5 cm³/mol. The lowest BCUT2D eigenvalue weighted by Gasteiger charge is -2.14. The van der Waals surface area contributed by atoms with E-state index in [-0.39, 0.29) is 0 Å². The number of hydrogen-bond acceptors (Lipinski definition) is 2. The quantitative estimate of drug-likeness (QED) is 0.631. The summed E-state index contributed by atoms with van der Waals surface area (Å²) < 4.78 is 6.71. The van der Waals surface area contributed by atoms with Crippen LogP contribution in [-0.2, 0) is 0 Å². The van der Waals surface area contributed by atoms with Gasteiger partial charge in [0.05, 0.1) is 0 Å². The molecule has 4 heteroatoms. The summed E-state index contributed by atoms with van der Waals surface area (Å²) in [6.07, 6.45) is 3.70. The van der Waals surface area contributed by atoms with Crippen molar-refractivity contribution in [1.29, 1.82) is 0 Å². The van der Waals surface area contributed by atoms with E-state index >= 15 is 0 Å². The van der Waals surface area contributed by atoms with Crippen molar-refractivity contribution in [3.05, 3.63) is 28.7 Å². The Kier molecular flexibility index (Phi) is 5.80. The van der Waals surface area contributed by atoms with Crippen LogP contribution in [0.1, 0.15) is 19.3 Å². The topological polar surface area (TPSA) is 21.3 Å². The number of ether oxygens (including phenoxy) is 1. The van der Waals surface area contributed by atoms with Crippen LogP contribution in [0.4, 0.5) is 0 Å². The first-order chi connectivity index (χ1) is 8.75. The first-order valence-corrected chi connectivity index (χ1v) is 7.72. The van der Waals surface area contributed by atoms with Crippen molar-refractivity contribution in [1.82, 2.24) is 5.32 Å². The minimum atomic E-state index is 0.366. The first-order valence-electron chi connectivity index (χ1n) is 6.49. The highest BCUT2D eigenvalue weighted by Crippen LogP contribution is 2.29. The zero-order chi connectivity index (χ0) is 12.8. The van der Waals surface area contributed by atoms with Crippen molar-refractivity contribution in [2.45, 2.75) is 24.6 Å². The molecule has 1 N–H and O–H groups in total. The van der Waals surface area contributed by atoms with E-state index in [0.717, 1.165) is 23.3 Å². The van der Waals surface area contributed by atoms with Crippen molar-refractivity contribution >= 4 is 27.5 Å². The fraction of sp³-hybridized carbons (Fsp3) is 0.571. The number of rotatable bonds is 6. The fourth-order valence-corrected chi connectivity index (χ4v) is 2.91. The average Bonchev–Trinajstić information content (AvgIpc) is 2.77. The Morgan fingerprint density at radius 2 is 2.06 bits per heavy atom. The monoisotopic (exact) mass is 331 g/mol. The molecular formula is C14H19BrClNO. The summed E-state index contributed by atoms with van der Waals surface area (Å²) in [7, 11) is 0. The molecule has 0 spiro atoms. The van der Waals surface area contributed by atoms with E-state index in [1.165, 1.54) is 19.3 Å². The van der Waals surface area contributed by atoms with Gasteiger partial charge < -0.3 is 10.1 Å². The van der Waals surface area contributed by atoms with E-state index in [2.05, 4.69) is 21.2 Å². The Bertz CT molecular complexity index is 357. The van der Waals surface area contributed by atoms with Crippen molar-refractivity contribution in [2.24, 2.45) is 5.92 Å². The molecule has 0 aromatic heterocycles. The maximum Gasteiger partial charge on any atom is 0.119 e. The van der Waals surface area contributed by atoms with E-state index in [0.29, 0.717) is 17.9 Å². The van der Waals surface area contributed by atoms with E-state index in [1.54, 1.807) is 0 Å². The van der Waals surface area contributed by atoms with Gasteiger partial charge in [0.2, 0.25) is 0 Å². The molecule has 18 heavy (non-hydrogen) atoms. The van der Waals surface area contributed by atoms with Gasteiger partial charge in [-0.15, -0.1) is 11.6 Å². The van der Waals surface area contributed by atoms with Crippen LogP contribution in [0.5, 0.6) is 5.75 Å². The summed E-state index contributed by atoms with van der Waals surface area (Å²) in [6.45, 7) is 2.58. The Labute approximate surface area is 122 Å². The number of hydrogen-bond donors (Lipinski definition) is 1. The molecule has 0 bridgehead atoms. The van der Waals surface area contributed by atoms with Gasteiger partial charge in [0.15, 0.2) is 0 Å². The zero-order valence-corrected chi connectivity index (χ0v) is 12.7. The summed E-state index contributed by atoms with van der Waals surface area (Å²) in [5.41, 5.74) is 0. The smallest absolute Gasteiger partial charge is 0.119 e. The number of alkyl halides is 1. The van der Waals surface area contributed by atoms with E-state index in [4.69, 9.17) is 16.3 Å². The Morgan fingerprint density at radius 3 is 2.72 bits per heavy atom. The van der Waals surface area contributed by atoms with Gasteiger partial charge in [-0.2, -0.15) is 0 Å². The van der Waals surface area contributed by atoms with Gasteiger partial charge in [-0.1, -0.05) is 22.4 Å². The summed E-state index contributed by atoms with van der Waals surface area (Å²) in [6, 6.07) is 7.91. The molecule has 0 heterocycles. The molecule has 2 unspecified atom stereocenters. The molecule has 1 aliphatic rings. The molecule has 0 saturated heterocycles. The summed E-state index contributed by atoms with van der Waals surface area (Å²) in [5, 5.41) is 3.79. The lowest BCUT2D eigenvalue weighted by Crippen LogP contribution is -2.29. The first kappa shape index (κ1) is 14.2. The highest BCUT2D eigenvalue weighted by atomic mass is 79.9. The average molecular weight is 333 g/mol. The van der Waals surface area contributed by atoms with Gasteiger partial charge in [-0.3, -0.25) is 0 Å². The third kappa shape index (κ3) is 4.45. The summed E-state index contributed by atoms with van der Waals surface area (Å²) >= 11 is 9.63. The van der Waals surface area contributed by atoms with Crippen LogP contribution in [-0.4, -0.2) is 25.1 Å². The van der Waals surface area contributed by atoms with Crippen molar-refractivity contribution in [3.8, 4) is 5.75 Å². The molecule has 0 amide bonds. The van der Waals surface area contributed by atoms with Crippen LogP contribution in [0.15, 0.2) is 28.7 Å². The highest BCUT2D eigenvalue weighted by Gasteiger charge is 2.24. The maximum atomic E-state index is 6.23. The molecular weight excluding hydrogens is 314 g/mol. The maximum absolute atomic E-state index is 6.23. The minimum Gasteiger partial charge on any atom is -0.492 e. The largest absolute Gasteiger partial charge is 0.492 e. The second kappa shape index (κ2) is 7.37. The van der Waals surface area contributed by atoms with Gasteiger partial charge in [0.25, 0.3) is 0 Å². The van der Waals surface area contributed by atoms with Crippen LogP contribution < -0.4 is 10.1 Å². The summed E-state index contributed by atoms with van der Waals surface area (Å²) in [4.78, 5) is 0. The van der Waals surface area contributed by atoms with Crippen molar-refractivity contribution in [2.75, 3.05) is 19.7 Å². The molecule has 1 aliphatic carbocycles. The highest BCUT2D eigenvalue weighted by molar-refractivity contribution is 9.10. The molecule has 0 aliphatic heterocycles.